The zero-order valence-electron chi connectivity index (χ0n) is 17.3. The molecule has 0 spiro atoms. The fraction of sp³-hybridized carbons (Fsp3) is 0.273. The maximum atomic E-state index is 12.3. The lowest BCUT2D eigenvalue weighted by Gasteiger charge is -2.18. The molecule has 1 heterocycles. The first-order valence-electron chi connectivity index (χ1n) is 9.72. The minimum absolute atomic E-state index is 0.00666. The van der Waals surface area contributed by atoms with Gasteiger partial charge in [-0.25, -0.2) is 9.79 Å². The molecule has 1 atom stereocenters. The molecule has 0 aliphatic carbocycles. The highest BCUT2D eigenvalue weighted by molar-refractivity contribution is 6.32. The zero-order valence-corrected chi connectivity index (χ0v) is 18.0. The summed E-state index contributed by atoms with van der Waals surface area (Å²) in [6.45, 7) is 6.18. The molecular weight excluding hydrogens is 424 g/mol. The predicted octanol–water partition coefficient (Wildman–Crippen LogP) is 5.17. The molecule has 31 heavy (non-hydrogen) atoms. The lowest BCUT2D eigenvalue weighted by Crippen LogP contribution is -2.11. The minimum Gasteiger partial charge on any atom is -0.490 e. The Balaban J connectivity index is 1.96. The van der Waals surface area contributed by atoms with Crippen LogP contribution in [0.3, 0.4) is 0 Å². The van der Waals surface area contributed by atoms with Gasteiger partial charge in [0.05, 0.1) is 22.7 Å². The standard InChI is InChI=1S/C22H21ClN2O6/c1-4-13(3)30-20-17(23)9-14(11-19(20)29-5-2)10-18-22(26)31-21(24-18)15-7-6-8-16(12-15)25(27)28/h6-13H,4-5H2,1-3H3/b18-10-. The van der Waals surface area contributed by atoms with Crippen molar-refractivity contribution < 1.29 is 23.9 Å². The second-order valence-corrected chi connectivity index (χ2v) is 7.15. The summed E-state index contributed by atoms with van der Waals surface area (Å²) in [4.78, 5) is 26.9. The molecule has 0 saturated heterocycles. The first-order chi connectivity index (χ1) is 14.8. The van der Waals surface area contributed by atoms with Gasteiger partial charge in [0.2, 0.25) is 5.90 Å². The van der Waals surface area contributed by atoms with E-state index in [1.165, 1.54) is 24.3 Å². The van der Waals surface area contributed by atoms with Gasteiger partial charge >= 0.3 is 5.97 Å². The quantitative estimate of drug-likeness (QED) is 0.241. The van der Waals surface area contributed by atoms with Crippen LogP contribution in [0.1, 0.15) is 38.3 Å². The second kappa shape index (κ2) is 9.61. The maximum absolute atomic E-state index is 12.3. The third-order valence-corrected chi connectivity index (χ3v) is 4.73. The van der Waals surface area contributed by atoms with Crippen molar-refractivity contribution in [1.82, 2.24) is 0 Å². The number of esters is 1. The van der Waals surface area contributed by atoms with Gasteiger partial charge in [-0.15, -0.1) is 0 Å². The summed E-state index contributed by atoms with van der Waals surface area (Å²) in [6, 6.07) is 9.05. The number of carbonyl (C=O) groups excluding carboxylic acids is 1. The van der Waals surface area contributed by atoms with E-state index in [0.29, 0.717) is 34.3 Å². The lowest BCUT2D eigenvalue weighted by molar-refractivity contribution is -0.384. The monoisotopic (exact) mass is 444 g/mol. The van der Waals surface area contributed by atoms with E-state index in [1.807, 2.05) is 20.8 Å². The zero-order chi connectivity index (χ0) is 22.5. The van der Waals surface area contributed by atoms with Crippen LogP contribution in [0.2, 0.25) is 5.02 Å². The molecular formula is C22H21ClN2O6. The van der Waals surface area contributed by atoms with E-state index in [-0.39, 0.29) is 23.4 Å². The van der Waals surface area contributed by atoms with Gasteiger partial charge in [-0.2, -0.15) is 0 Å². The molecule has 0 saturated carbocycles. The van der Waals surface area contributed by atoms with Crippen LogP contribution in [0.4, 0.5) is 5.69 Å². The topological polar surface area (TPSA) is 100 Å². The summed E-state index contributed by atoms with van der Waals surface area (Å²) in [7, 11) is 0. The van der Waals surface area contributed by atoms with Gasteiger partial charge in [0, 0.05) is 17.7 Å². The molecule has 3 rings (SSSR count). The van der Waals surface area contributed by atoms with Crippen LogP contribution in [0.25, 0.3) is 6.08 Å². The van der Waals surface area contributed by atoms with E-state index in [2.05, 4.69) is 4.99 Å². The number of benzene rings is 2. The number of ether oxygens (including phenoxy) is 3. The normalized spacial score (nSPS) is 15.4. The number of nitrogens with zero attached hydrogens (tertiary/aromatic N) is 2. The number of rotatable bonds is 8. The summed E-state index contributed by atoms with van der Waals surface area (Å²) >= 11 is 6.41. The smallest absolute Gasteiger partial charge is 0.363 e. The van der Waals surface area contributed by atoms with Gasteiger partial charge in [-0.3, -0.25) is 10.1 Å². The molecule has 0 bridgehead atoms. The van der Waals surface area contributed by atoms with Gasteiger partial charge in [-0.1, -0.05) is 24.6 Å². The highest BCUT2D eigenvalue weighted by Crippen LogP contribution is 2.38. The molecule has 9 heteroatoms. The fourth-order valence-corrected chi connectivity index (χ4v) is 3.04. The molecule has 2 aromatic carbocycles. The molecule has 1 unspecified atom stereocenters. The Labute approximate surface area is 184 Å². The van der Waals surface area contributed by atoms with Crippen LogP contribution >= 0.6 is 11.6 Å². The minimum atomic E-state index is -0.671. The number of cyclic esters (lactones) is 1. The van der Waals surface area contributed by atoms with Crippen molar-refractivity contribution in [3.05, 3.63) is 68.4 Å². The summed E-state index contributed by atoms with van der Waals surface area (Å²) in [6.07, 6.45) is 2.26. The largest absolute Gasteiger partial charge is 0.490 e. The van der Waals surface area contributed by atoms with Crippen LogP contribution in [0.15, 0.2) is 47.1 Å². The lowest BCUT2D eigenvalue weighted by atomic mass is 10.1. The summed E-state index contributed by atoms with van der Waals surface area (Å²) < 4.78 is 16.7. The van der Waals surface area contributed by atoms with E-state index in [9.17, 15) is 14.9 Å². The average Bonchev–Trinajstić information content (AvgIpc) is 3.11. The van der Waals surface area contributed by atoms with Crippen molar-refractivity contribution in [2.45, 2.75) is 33.3 Å². The van der Waals surface area contributed by atoms with Crippen molar-refractivity contribution in [1.29, 1.82) is 0 Å². The fourth-order valence-electron chi connectivity index (χ4n) is 2.78. The molecule has 1 aliphatic rings. The van der Waals surface area contributed by atoms with E-state index >= 15 is 0 Å². The van der Waals surface area contributed by atoms with E-state index < -0.39 is 10.9 Å². The number of halogens is 1. The Hall–Kier alpha value is -3.39. The van der Waals surface area contributed by atoms with Gasteiger partial charge in [0.15, 0.2) is 17.2 Å². The number of nitro benzene ring substituents is 1. The first kappa shape index (κ1) is 22.3. The molecule has 0 N–H and O–H groups in total. The van der Waals surface area contributed by atoms with Crippen molar-refractivity contribution in [2.24, 2.45) is 4.99 Å². The van der Waals surface area contributed by atoms with Gasteiger partial charge in [0.1, 0.15) is 0 Å². The highest BCUT2D eigenvalue weighted by atomic mass is 35.5. The maximum Gasteiger partial charge on any atom is 0.363 e. The van der Waals surface area contributed by atoms with Crippen molar-refractivity contribution in [2.75, 3.05) is 6.61 Å². The van der Waals surface area contributed by atoms with Crippen LogP contribution in [0.5, 0.6) is 11.5 Å². The molecule has 0 radical (unpaired) electrons. The number of hydrogen-bond acceptors (Lipinski definition) is 7. The molecule has 0 aromatic heterocycles. The molecule has 0 fully saturated rings. The summed E-state index contributed by atoms with van der Waals surface area (Å²) in [5.41, 5.74) is 0.812. The predicted molar refractivity (Wildman–Crippen MR) is 117 cm³/mol. The van der Waals surface area contributed by atoms with Crippen molar-refractivity contribution in [3.63, 3.8) is 0 Å². The van der Waals surface area contributed by atoms with Crippen molar-refractivity contribution in [3.8, 4) is 11.5 Å². The molecule has 162 valence electrons. The number of non-ortho nitro benzene ring substituents is 1. The first-order valence-corrected chi connectivity index (χ1v) is 10.1. The molecule has 2 aromatic rings. The summed E-state index contributed by atoms with van der Waals surface area (Å²) in [5.74, 6) is 0.217. The molecule has 0 amide bonds. The van der Waals surface area contributed by atoms with E-state index in [0.717, 1.165) is 6.42 Å². The Morgan fingerprint density at radius 1 is 1.29 bits per heavy atom. The SMILES string of the molecule is CCOc1cc(/C=C2\N=C(c3cccc([N+](=O)[O-])c3)OC2=O)cc(Cl)c1OC(C)CC. The number of hydrogen-bond donors (Lipinski definition) is 0. The Bertz CT molecular complexity index is 1080. The van der Waals surface area contributed by atoms with Crippen LogP contribution in [-0.2, 0) is 9.53 Å². The average molecular weight is 445 g/mol. The summed E-state index contributed by atoms with van der Waals surface area (Å²) in [5, 5.41) is 11.3. The van der Waals surface area contributed by atoms with Crippen LogP contribution < -0.4 is 9.47 Å². The van der Waals surface area contributed by atoms with E-state index in [4.69, 9.17) is 25.8 Å². The van der Waals surface area contributed by atoms with Gasteiger partial charge in [-0.05, 0) is 50.1 Å². The molecule has 8 nitrogen and oxygen atoms in total. The highest BCUT2D eigenvalue weighted by Gasteiger charge is 2.25. The number of carbonyl (C=O) groups is 1. The number of nitro groups is 1. The van der Waals surface area contributed by atoms with Crippen molar-refractivity contribution >= 4 is 35.2 Å². The Kier molecular flexibility index (Phi) is 6.91. The third-order valence-electron chi connectivity index (χ3n) is 4.45. The van der Waals surface area contributed by atoms with Crippen LogP contribution in [0, 0.1) is 10.1 Å². The number of aliphatic imine (C=N–C) groups is 1. The Morgan fingerprint density at radius 3 is 2.74 bits per heavy atom. The third kappa shape index (κ3) is 5.21. The van der Waals surface area contributed by atoms with Gasteiger partial charge < -0.3 is 14.2 Å². The van der Waals surface area contributed by atoms with E-state index in [1.54, 1.807) is 18.2 Å². The Morgan fingerprint density at radius 2 is 2.06 bits per heavy atom. The molecule has 1 aliphatic heterocycles. The second-order valence-electron chi connectivity index (χ2n) is 6.74. The van der Waals surface area contributed by atoms with Gasteiger partial charge in [0.25, 0.3) is 5.69 Å². The van der Waals surface area contributed by atoms with Crippen LogP contribution in [-0.4, -0.2) is 29.5 Å².